The Morgan fingerprint density at radius 2 is 1.97 bits per heavy atom. The van der Waals surface area contributed by atoms with Crippen molar-refractivity contribution in [3.05, 3.63) is 35.9 Å². The van der Waals surface area contributed by atoms with Crippen LogP contribution >= 0.6 is 11.8 Å². The monoisotopic (exact) mass is 461 g/mol. The fourth-order valence-electron chi connectivity index (χ4n) is 3.99. The Morgan fingerprint density at radius 1 is 1.22 bits per heavy atom. The van der Waals surface area contributed by atoms with Crippen LogP contribution in [0.2, 0.25) is 0 Å². The van der Waals surface area contributed by atoms with E-state index in [0.717, 1.165) is 12.0 Å². The summed E-state index contributed by atoms with van der Waals surface area (Å²) in [6, 6.07) is 6.93. The summed E-state index contributed by atoms with van der Waals surface area (Å²) >= 11 is 1.48. The van der Waals surface area contributed by atoms with E-state index in [9.17, 15) is 24.0 Å². The number of nitrogens with one attached hydrogen (secondary N) is 2. The average molecular weight is 462 g/mol. The van der Waals surface area contributed by atoms with Crippen LogP contribution < -0.4 is 10.6 Å². The van der Waals surface area contributed by atoms with Gasteiger partial charge < -0.3 is 25.4 Å². The van der Waals surface area contributed by atoms with Crippen LogP contribution in [0, 0.1) is 0 Å². The highest BCUT2D eigenvalue weighted by Crippen LogP contribution is 2.35. The predicted octanol–water partition coefficient (Wildman–Crippen LogP) is 0.716. The number of nitrogens with zero attached hydrogens (tertiary/aromatic N) is 1. The molecule has 2 fully saturated rings. The SMILES string of the molecule is O=C[C@H](CC(=O)O)NC(=O)[C@@H]1CS[C@@H]2CCCC(NC(=O)CCc3ccccc3)C(=O)N21. The van der Waals surface area contributed by atoms with Crippen molar-refractivity contribution < 1.29 is 29.1 Å². The molecule has 2 aliphatic rings. The summed E-state index contributed by atoms with van der Waals surface area (Å²) in [5.41, 5.74) is 1.04. The van der Waals surface area contributed by atoms with E-state index in [1.165, 1.54) is 16.7 Å². The third-order valence-corrected chi connectivity index (χ3v) is 6.95. The van der Waals surface area contributed by atoms with E-state index in [4.69, 9.17) is 5.11 Å². The molecule has 0 spiro atoms. The molecule has 3 amide bonds. The fraction of sp³-hybridized carbons (Fsp3) is 0.500. The van der Waals surface area contributed by atoms with Gasteiger partial charge in [-0.25, -0.2) is 0 Å². The molecule has 0 bridgehead atoms. The molecule has 1 aromatic rings. The molecule has 0 aliphatic carbocycles. The molecule has 0 aromatic heterocycles. The minimum atomic E-state index is -1.20. The number of thioether (sulfide) groups is 1. The van der Waals surface area contributed by atoms with Gasteiger partial charge in [-0.15, -0.1) is 11.8 Å². The van der Waals surface area contributed by atoms with Crippen molar-refractivity contribution in [2.45, 2.75) is 62.0 Å². The zero-order valence-electron chi connectivity index (χ0n) is 17.6. The van der Waals surface area contributed by atoms with Crippen LogP contribution in [-0.4, -0.2) is 69.2 Å². The summed E-state index contributed by atoms with van der Waals surface area (Å²) in [5, 5.41) is 13.9. The van der Waals surface area contributed by atoms with E-state index in [-0.39, 0.29) is 23.6 Å². The van der Waals surface area contributed by atoms with Gasteiger partial charge in [-0.1, -0.05) is 30.3 Å². The molecule has 0 saturated carbocycles. The molecule has 3 rings (SSSR count). The molecule has 1 unspecified atom stereocenters. The second-order valence-corrected chi connectivity index (χ2v) is 9.15. The predicted molar refractivity (Wildman–Crippen MR) is 118 cm³/mol. The number of hydrogen-bond donors (Lipinski definition) is 3. The maximum Gasteiger partial charge on any atom is 0.305 e. The lowest BCUT2D eigenvalue weighted by Crippen LogP contribution is -2.56. The van der Waals surface area contributed by atoms with Gasteiger partial charge in [0.25, 0.3) is 0 Å². The molecule has 2 saturated heterocycles. The standard InChI is InChI=1S/C22H27N3O6S/c26-12-15(11-20(28)29)23-21(30)17-13-32-19-8-4-7-16(22(31)25(17)19)24-18(27)10-9-14-5-2-1-3-6-14/h1-3,5-6,12,15-17,19H,4,7-11,13H2,(H,23,30)(H,24,27)(H,28,29)/t15-,16?,17-,19+/m0/s1. The van der Waals surface area contributed by atoms with Crippen LogP contribution in [0.25, 0.3) is 0 Å². The first-order valence-corrected chi connectivity index (χ1v) is 11.7. The van der Waals surface area contributed by atoms with Gasteiger partial charge in [-0.05, 0) is 31.2 Å². The zero-order chi connectivity index (χ0) is 23.1. The average Bonchev–Trinajstić information content (AvgIpc) is 3.14. The molecule has 10 heteroatoms. The van der Waals surface area contributed by atoms with E-state index in [0.29, 0.717) is 31.3 Å². The number of carboxylic acid groups (broad SMARTS) is 1. The lowest BCUT2D eigenvalue weighted by molar-refractivity contribution is -0.143. The van der Waals surface area contributed by atoms with Gasteiger partial charge in [0, 0.05) is 12.2 Å². The lowest BCUT2D eigenvalue weighted by atomic mass is 10.1. The quantitative estimate of drug-likeness (QED) is 0.462. The number of carboxylic acids is 1. The molecular weight excluding hydrogens is 434 g/mol. The third kappa shape index (κ3) is 6.09. The number of aldehydes is 1. The van der Waals surface area contributed by atoms with E-state index >= 15 is 0 Å². The van der Waals surface area contributed by atoms with Crippen molar-refractivity contribution in [2.24, 2.45) is 0 Å². The van der Waals surface area contributed by atoms with Crippen LogP contribution in [-0.2, 0) is 30.4 Å². The minimum absolute atomic E-state index is 0.182. The molecular formula is C22H27N3O6S. The second-order valence-electron chi connectivity index (χ2n) is 7.93. The van der Waals surface area contributed by atoms with Gasteiger partial charge in [0.2, 0.25) is 17.7 Å². The molecule has 0 radical (unpaired) electrons. The summed E-state index contributed by atoms with van der Waals surface area (Å²) in [6.07, 6.45) is 2.60. The molecule has 172 valence electrons. The van der Waals surface area contributed by atoms with E-state index in [1.54, 1.807) is 0 Å². The number of aryl methyl sites for hydroxylation is 1. The Hall–Kier alpha value is -2.88. The first-order valence-electron chi connectivity index (χ1n) is 10.6. The molecule has 4 atom stereocenters. The summed E-state index contributed by atoms with van der Waals surface area (Å²) in [6.45, 7) is 0. The number of fused-ring (bicyclic) bond motifs is 1. The Morgan fingerprint density at radius 3 is 2.66 bits per heavy atom. The van der Waals surface area contributed by atoms with Gasteiger partial charge in [0.05, 0.1) is 17.8 Å². The second kappa shape index (κ2) is 11.1. The molecule has 32 heavy (non-hydrogen) atoms. The number of rotatable bonds is 9. The Bertz CT molecular complexity index is 864. The fourth-order valence-corrected chi connectivity index (χ4v) is 5.45. The maximum absolute atomic E-state index is 13.2. The third-order valence-electron chi connectivity index (χ3n) is 5.60. The minimum Gasteiger partial charge on any atom is -0.481 e. The van der Waals surface area contributed by atoms with Gasteiger partial charge in [-0.3, -0.25) is 19.2 Å². The molecule has 2 heterocycles. The number of amides is 3. The van der Waals surface area contributed by atoms with Crippen molar-refractivity contribution >= 4 is 41.7 Å². The van der Waals surface area contributed by atoms with Gasteiger partial charge in [0.1, 0.15) is 18.4 Å². The van der Waals surface area contributed by atoms with E-state index in [2.05, 4.69) is 10.6 Å². The van der Waals surface area contributed by atoms with Crippen molar-refractivity contribution in [1.82, 2.24) is 15.5 Å². The van der Waals surface area contributed by atoms with Crippen LogP contribution in [0.15, 0.2) is 30.3 Å². The zero-order valence-corrected chi connectivity index (χ0v) is 18.4. The Balaban J connectivity index is 1.62. The van der Waals surface area contributed by atoms with E-state index < -0.39 is 36.4 Å². The number of benzene rings is 1. The van der Waals surface area contributed by atoms with Gasteiger partial charge >= 0.3 is 5.97 Å². The van der Waals surface area contributed by atoms with Crippen LogP contribution in [0.1, 0.15) is 37.7 Å². The normalized spacial score (nSPS) is 23.6. The van der Waals surface area contributed by atoms with Gasteiger partial charge in [-0.2, -0.15) is 0 Å². The number of hydrogen-bond acceptors (Lipinski definition) is 6. The summed E-state index contributed by atoms with van der Waals surface area (Å²) in [7, 11) is 0. The first kappa shape index (κ1) is 23.8. The van der Waals surface area contributed by atoms with E-state index in [1.807, 2.05) is 30.3 Å². The Kier molecular flexibility index (Phi) is 8.26. The maximum atomic E-state index is 13.2. The topological polar surface area (TPSA) is 133 Å². The van der Waals surface area contributed by atoms with Crippen LogP contribution in [0.5, 0.6) is 0 Å². The van der Waals surface area contributed by atoms with Crippen molar-refractivity contribution in [2.75, 3.05) is 5.75 Å². The Labute approximate surface area is 190 Å². The van der Waals surface area contributed by atoms with Crippen molar-refractivity contribution in [3.63, 3.8) is 0 Å². The van der Waals surface area contributed by atoms with Crippen LogP contribution in [0.3, 0.4) is 0 Å². The summed E-state index contributed by atoms with van der Waals surface area (Å²) in [5.74, 6) is -1.93. The van der Waals surface area contributed by atoms with Crippen molar-refractivity contribution in [3.8, 4) is 0 Å². The highest BCUT2D eigenvalue weighted by Gasteiger charge is 2.45. The number of aliphatic carboxylic acids is 1. The largest absolute Gasteiger partial charge is 0.481 e. The van der Waals surface area contributed by atoms with Crippen LogP contribution in [0.4, 0.5) is 0 Å². The summed E-state index contributed by atoms with van der Waals surface area (Å²) < 4.78 is 0. The summed E-state index contributed by atoms with van der Waals surface area (Å²) in [4.78, 5) is 61.9. The highest BCUT2D eigenvalue weighted by molar-refractivity contribution is 8.00. The molecule has 9 nitrogen and oxygen atoms in total. The smallest absolute Gasteiger partial charge is 0.305 e. The molecule has 1 aromatic carbocycles. The number of carbonyl (C=O) groups excluding carboxylic acids is 4. The highest BCUT2D eigenvalue weighted by atomic mass is 32.2. The number of carbonyl (C=O) groups is 5. The molecule has 3 N–H and O–H groups in total. The molecule has 2 aliphatic heterocycles. The van der Waals surface area contributed by atoms with Gasteiger partial charge in [0.15, 0.2) is 0 Å². The first-order chi connectivity index (χ1) is 15.4. The van der Waals surface area contributed by atoms with Crippen molar-refractivity contribution in [1.29, 1.82) is 0 Å². The lowest BCUT2D eigenvalue weighted by Gasteiger charge is -2.30.